The van der Waals surface area contributed by atoms with Gasteiger partial charge in [0.25, 0.3) is 0 Å². The van der Waals surface area contributed by atoms with Gasteiger partial charge in [-0.3, -0.25) is 9.78 Å². The van der Waals surface area contributed by atoms with Crippen molar-refractivity contribution in [1.29, 1.82) is 0 Å². The zero-order valence-corrected chi connectivity index (χ0v) is 10.1. The van der Waals surface area contributed by atoms with Crippen molar-refractivity contribution in [3.05, 3.63) is 29.3 Å². The molecule has 0 saturated carbocycles. The quantitative estimate of drug-likeness (QED) is 0.781. The molecule has 0 amide bonds. The van der Waals surface area contributed by atoms with Gasteiger partial charge < -0.3 is 0 Å². The first-order chi connectivity index (χ1) is 8.46. The molecule has 0 N–H and O–H groups in total. The molecule has 6 heteroatoms. The van der Waals surface area contributed by atoms with Crippen molar-refractivity contribution in [2.75, 3.05) is 0 Å². The minimum Gasteiger partial charge on any atom is -0.294 e. The average molecular weight is 273 g/mol. The fourth-order valence-electron chi connectivity index (χ4n) is 1.59. The van der Waals surface area contributed by atoms with Gasteiger partial charge in [-0.05, 0) is 23.9 Å². The van der Waals surface area contributed by atoms with Gasteiger partial charge in [-0.25, -0.2) is 0 Å². The first-order valence-electron chi connectivity index (χ1n) is 5.39. The van der Waals surface area contributed by atoms with Crippen LogP contribution in [0, 0.1) is 0 Å². The fraction of sp³-hybridized carbons (Fsp3) is 0.333. The molecule has 0 spiro atoms. The summed E-state index contributed by atoms with van der Waals surface area (Å²) in [4.78, 5) is 15.8. The van der Waals surface area contributed by atoms with E-state index in [0.717, 1.165) is 10.2 Å². The van der Waals surface area contributed by atoms with E-state index in [2.05, 4.69) is 4.98 Å². The number of fused-ring (bicyclic) bond motifs is 1. The van der Waals surface area contributed by atoms with Crippen LogP contribution < -0.4 is 0 Å². The number of pyridine rings is 1. The van der Waals surface area contributed by atoms with E-state index in [1.54, 1.807) is 6.07 Å². The lowest BCUT2D eigenvalue weighted by Crippen LogP contribution is -2.08. The van der Waals surface area contributed by atoms with Crippen molar-refractivity contribution in [3.8, 4) is 0 Å². The molecule has 0 bridgehead atoms. The fourth-order valence-corrected chi connectivity index (χ4v) is 2.37. The Balaban J connectivity index is 2.00. The van der Waals surface area contributed by atoms with E-state index in [1.807, 2.05) is 11.4 Å². The molecule has 0 saturated heterocycles. The Morgan fingerprint density at radius 3 is 2.89 bits per heavy atom. The van der Waals surface area contributed by atoms with Crippen molar-refractivity contribution >= 4 is 27.3 Å². The van der Waals surface area contributed by atoms with E-state index < -0.39 is 12.6 Å². The summed E-state index contributed by atoms with van der Waals surface area (Å²) in [6.07, 6.45) is -3.97. The third-order valence-electron chi connectivity index (χ3n) is 2.49. The van der Waals surface area contributed by atoms with Gasteiger partial charge >= 0.3 is 6.18 Å². The maximum Gasteiger partial charge on any atom is 0.389 e. The summed E-state index contributed by atoms with van der Waals surface area (Å²) >= 11 is 1.45. The summed E-state index contributed by atoms with van der Waals surface area (Å²) in [7, 11) is 0. The van der Waals surface area contributed by atoms with Crippen molar-refractivity contribution in [2.24, 2.45) is 0 Å². The molecule has 0 aliphatic carbocycles. The van der Waals surface area contributed by atoms with Crippen LogP contribution >= 0.6 is 11.3 Å². The molecule has 2 heterocycles. The third kappa shape index (κ3) is 3.29. The number of rotatable bonds is 4. The topological polar surface area (TPSA) is 30.0 Å². The van der Waals surface area contributed by atoms with Crippen LogP contribution in [0.3, 0.4) is 0 Å². The van der Waals surface area contributed by atoms with Gasteiger partial charge in [0.1, 0.15) is 0 Å². The Bertz CT molecular complexity index is 562. The lowest BCUT2D eigenvalue weighted by atomic mass is 10.1. The molecule has 18 heavy (non-hydrogen) atoms. The predicted octanol–water partition coefficient (Wildman–Crippen LogP) is 4.21. The van der Waals surface area contributed by atoms with Gasteiger partial charge in [0, 0.05) is 24.6 Å². The number of ketones is 1. The molecule has 2 rings (SSSR count). The Morgan fingerprint density at radius 2 is 2.17 bits per heavy atom. The minimum absolute atomic E-state index is 0.0991. The van der Waals surface area contributed by atoms with Crippen LogP contribution in [0.25, 0.3) is 10.2 Å². The second-order valence-electron chi connectivity index (χ2n) is 3.92. The number of hydrogen-bond donors (Lipinski definition) is 0. The van der Waals surface area contributed by atoms with E-state index in [4.69, 9.17) is 0 Å². The van der Waals surface area contributed by atoms with Gasteiger partial charge in [-0.15, -0.1) is 11.3 Å². The van der Waals surface area contributed by atoms with E-state index in [1.165, 1.54) is 17.5 Å². The van der Waals surface area contributed by atoms with E-state index >= 15 is 0 Å². The molecule has 0 aliphatic heterocycles. The third-order valence-corrected chi connectivity index (χ3v) is 3.34. The molecule has 0 fully saturated rings. The van der Waals surface area contributed by atoms with E-state index in [-0.39, 0.29) is 18.6 Å². The zero-order chi connectivity index (χ0) is 13.2. The van der Waals surface area contributed by atoms with Crippen molar-refractivity contribution in [1.82, 2.24) is 4.98 Å². The summed E-state index contributed by atoms with van der Waals surface area (Å²) in [5, 5.41) is 1.86. The second-order valence-corrected chi connectivity index (χ2v) is 4.87. The summed E-state index contributed by atoms with van der Waals surface area (Å²) in [5.41, 5.74) is 1.18. The number of carbonyl (C=O) groups is 1. The van der Waals surface area contributed by atoms with Crippen LogP contribution in [0.15, 0.2) is 23.7 Å². The molecule has 0 radical (unpaired) electrons. The maximum atomic E-state index is 12.0. The molecule has 0 aliphatic rings. The number of carbonyl (C=O) groups excluding carboxylic acids is 1. The summed E-state index contributed by atoms with van der Waals surface area (Å²) in [6.45, 7) is 0. The predicted molar refractivity (Wildman–Crippen MR) is 63.9 cm³/mol. The Hall–Kier alpha value is -1.43. The molecular formula is C12H10F3NOS. The molecule has 0 unspecified atom stereocenters. The number of hydrogen-bond acceptors (Lipinski definition) is 3. The summed E-state index contributed by atoms with van der Waals surface area (Å²) in [6, 6.07) is 3.51. The van der Waals surface area contributed by atoms with E-state index in [9.17, 15) is 18.0 Å². The van der Waals surface area contributed by atoms with E-state index in [0.29, 0.717) is 5.56 Å². The highest BCUT2D eigenvalue weighted by molar-refractivity contribution is 7.17. The van der Waals surface area contributed by atoms with Crippen LogP contribution in [-0.2, 0) is 0 Å². The van der Waals surface area contributed by atoms with Crippen molar-refractivity contribution in [3.63, 3.8) is 0 Å². The average Bonchev–Trinajstić information content (AvgIpc) is 2.73. The summed E-state index contributed by atoms with van der Waals surface area (Å²) in [5.74, 6) is -0.290. The van der Waals surface area contributed by atoms with Gasteiger partial charge in [0.15, 0.2) is 5.78 Å². The second kappa shape index (κ2) is 5.06. The maximum absolute atomic E-state index is 12.0. The van der Waals surface area contributed by atoms with Gasteiger partial charge in [0.05, 0.1) is 10.2 Å². The Labute approximate surface area is 105 Å². The Morgan fingerprint density at radius 1 is 1.39 bits per heavy atom. The molecule has 96 valence electrons. The van der Waals surface area contributed by atoms with Gasteiger partial charge in [-0.2, -0.15) is 13.2 Å². The number of aromatic nitrogens is 1. The largest absolute Gasteiger partial charge is 0.389 e. The first-order valence-corrected chi connectivity index (χ1v) is 6.27. The normalized spacial score (nSPS) is 11.9. The smallest absolute Gasteiger partial charge is 0.294 e. The zero-order valence-electron chi connectivity index (χ0n) is 9.33. The highest BCUT2D eigenvalue weighted by atomic mass is 32.1. The molecule has 2 aromatic rings. The van der Waals surface area contributed by atoms with Crippen LogP contribution in [0.2, 0.25) is 0 Å². The standard InChI is InChI=1S/C12H10F3NOS/c13-12(14,15)4-1-2-10(17)8-6-11-9(16-7-8)3-5-18-11/h3,5-7H,1-2,4H2. The minimum atomic E-state index is -4.20. The molecular weight excluding hydrogens is 263 g/mol. The molecule has 0 atom stereocenters. The number of nitrogens with zero attached hydrogens (tertiary/aromatic N) is 1. The van der Waals surface area contributed by atoms with Crippen LogP contribution in [0.4, 0.5) is 13.2 Å². The Kier molecular flexibility index (Phi) is 3.65. The van der Waals surface area contributed by atoms with Crippen LogP contribution in [0.5, 0.6) is 0 Å². The highest BCUT2D eigenvalue weighted by Crippen LogP contribution is 2.24. The SMILES string of the molecule is O=C(CCCC(F)(F)F)c1cnc2ccsc2c1. The van der Waals surface area contributed by atoms with Gasteiger partial charge in [-0.1, -0.05) is 0 Å². The highest BCUT2D eigenvalue weighted by Gasteiger charge is 2.26. The number of thiophene rings is 1. The van der Waals surface area contributed by atoms with Crippen molar-refractivity contribution < 1.29 is 18.0 Å². The van der Waals surface area contributed by atoms with Gasteiger partial charge in [0.2, 0.25) is 0 Å². The van der Waals surface area contributed by atoms with Crippen LogP contribution in [-0.4, -0.2) is 16.9 Å². The first kappa shape index (κ1) is 13.0. The number of Topliss-reactive ketones (excluding diaryl/α,β-unsaturated/α-hetero) is 1. The monoisotopic (exact) mass is 273 g/mol. The molecule has 2 aromatic heterocycles. The van der Waals surface area contributed by atoms with Crippen molar-refractivity contribution in [2.45, 2.75) is 25.4 Å². The molecule has 0 aromatic carbocycles. The molecule has 2 nitrogen and oxygen atoms in total. The lowest BCUT2D eigenvalue weighted by Gasteiger charge is -2.05. The number of halogens is 3. The number of alkyl halides is 3. The van der Waals surface area contributed by atoms with Crippen LogP contribution in [0.1, 0.15) is 29.6 Å². The summed E-state index contributed by atoms with van der Waals surface area (Å²) < 4.78 is 36.7. The lowest BCUT2D eigenvalue weighted by molar-refractivity contribution is -0.135.